The summed E-state index contributed by atoms with van der Waals surface area (Å²) in [5.41, 5.74) is 1.51. The average Bonchev–Trinajstić information content (AvgIpc) is 3.23. The van der Waals surface area contributed by atoms with Crippen LogP contribution in [0, 0.1) is 19.7 Å². The highest BCUT2D eigenvalue weighted by Gasteiger charge is 2.48. The molecule has 1 aliphatic rings. The predicted octanol–water partition coefficient (Wildman–Crippen LogP) is 4.53. The first-order chi connectivity index (χ1) is 14.8. The molecule has 1 fully saturated rings. The van der Waals surface area contributed by atoms with E-state index >= 15 is 0 Å². The van der Waals surface area contributed by atoms with Gasteiger partial charge in [-0.25, -0.2) is 9.37 Å². The van der Waals surface area contributed by atoms with Gasteiger partial charge in [-0.2, -0.15) is 0 Å². The number of hydrogen-bond acceptors (Lipinski definition) is 6. The lowest BCUT2D eigenvalue weighted by atomic mass is 9.95. The molecule has 0 spiro atoms. The quantitative estimate of drug-likeness (QED) is 0.368. The van der Waals surface area contributed by atoms with Gasteiger partial charge in [0.05, 0.1) is 24.4 Å². The van der Waals surface area contributed by atoms with Crippen LogP contribution in [-0.4, -0.2) is 28.9 Å². The third-order valence-electron chi connectivity index (χ3n) is 5.22. The van der Waals surface area contributed by atoms with E-state index in [9.17, 15) is 19.1 Å². The molecule has 6 nitrogen and oxygen atoms in total. The summed E-state index contributed by atoms with van der Waals surface area (Å²) in [5, 5.41) is 11.4. The summed E-state index contributed by atoms with van der Waals surface area (Å²) < 4.78 is 18.7. The predicted molar refractivity (Wildman–Crippen MR) is 116 cm³/mol. The van der Waals surface area contributed by atoms with Gasteiger partial charge in [0.1, 0.15) is 17.3 Å². The van der Waals surface area contributed by atoms with E-state index in [2.05, 4.69) is 4.98 Å². The molecule has 1 aromatic heterocycles. The normalized spacial score (nSPS) is 17.9. The Morgan fingerprint density at radius 3 is 2.29 bits per heavy atom. The van der Waals surface area contributed by atoms with Gasteiger partial charge in [-0.3, -0.25) is 14.5 Å². The molecule has 2 aromatic carbocycles. The molecule has 0 radical (unpaired) electrons. The molecule has 158 valence electrons. The van der Waals surface area contributed by atoms with Gasteiger partial charge in [-0.05, 0) is 55.8 Å². The van der Waals surface area contributed by atoms with E-state index in [1.807, 2.05) is 13.8 Å². The van der Waals surface area contributed by atoms with Crippen molar-refractivity contribution in [2.75, 3.05) is 12.0 Å². The van der Waals surface area contributed by atoms with E-state index < -0.39 is 23.5 Å². The van der Waals surface area contributed by atoms with Crippen molar-refractivity contribution in [2.24, 2.45) is 0 Å². The fraction of sp³-hybridized carbons (Fsp3) is 0.174. The van der Waals surface area contributed by atoms with Crippen molar-refractivity contribution in [1.29, 1.82) is 0 Å². The van der Waals surface area contributed by atoms with Gasteiger partial charge >= 0.3 is 5.91 Å². The van der Waals surface area contributed by atoms with Crippen LogP contribution in [0.4, 0.5) is 9.52 Å². The minimum atomic E-state index is -0.937. The monoisotopic (exact) mass is 438 g/mol. The van der Waals surface area contributed by atoms with Gasteiger partial charge in [0.15, 0.2) is 5.13 Å². The number of aliphatic hydroxyl groups excluding tert-OH is 1. The first-order valence-corrected chi connectivity index (χ1v) is 10.3. The number of carbonyl (C=O) groups excluding carboxylic acids is 2. The number of amides is 1. The van der Waals surface area contributed by atoms with E-state index in [4.69, 9.17) is 4.74 Å². The summed E-state index contributed by atoms with van der Waals surface area (Å²) in [4.78, 5) is 32.7. The third-order valence-corrected chi connectivity index (χ3v) is 6.29. The lowest BCUT2D eigenvalue weighted by molar-refractivity contribution is -0.132. The van der Waals surface area contributed by atoms with Crippen LogP contribution in [0.2, 0.25) is 0 Å². The topological polar surface area (TPSA) is 79.7 Å². The van der Waals surface area contributed by atoms with Gasteiger partial charge in [0, 0.05) is 10.4 Å². The number of carbonyl (C=O) groups is 2. The number of halogens is 1. The Labute approximate surface area is 182 Å². The zero-order chi connectivity index (χ0) is 22.3. The van der Waals surface area contributed by atoms with Crippen molar-refractivity contribution < 1.29 is 23.8 Å². The van der Waals surface area contributed by atoms with Gasteiger partial charge in [-0.15, -0.1) is 11.3 Å². The molecule has 1 aliphatic heterocycles. The number of aryl methyl sites for hydroxylation is 2. The number of rotatable bonds is 4. The molecule has 0 saturated carbocycles. The first-order valence-electron chi connectivity index (χ1n) is 9.46. The van der Waals surface area contributed by atoms with Crippen LogP contribution < -0.4 is 9.64 Å². The molecule has 1 atom stereocenters. The van der Waals surface area contributed by atoms with Crippen LogP contribution >= 0.6 is 11.3 Å². The van der Waals surface area contributed by atoms with Gasteiger partial charge in [-0.1, -0.05) is 12.1 Å². The highest BCUT2D eigenvalue weighted by molar-refractivity contribution is 7.16. The number of nitrogens with zero attached hydrogens (tertiary/aromatic N) is 2. The minimum absolute atomic E-state index is 0.0766. The lowest BCUT2D eigenvalue weighted by Gasteiger charge is -2.23. The molecule has 0 bridgehead atoms. The van der Waals surface area contributed by atoms with Crippen molar-refractivity contribution in [3.63, 3.8) is 0 Å². The zero-order valence-electron chi connectivity index (χ0n) is 17.0. The largest absolute Gasteiger partial charge is 0.507 e. The van der Waals surface area contributed by atoms with Crippen molar-refractivity contribution in [3.05, 3.63) is 81.6 Å². The summed E-state index contributed by atoms with van der Waals surface area (Å²) in [6.45, 7) is 3.69. The van der Waals surface area contributed by atoms with Crippen LogP contribution in [0.1, 0.15) is 27.7 Å². The smallest absolute Gasteiger partial charge is 0.301 e. The molecule has 8 heteroatoms. The van der Waals surface area contributed by atoms with E-state index in [1.165, 1.54) is 47.6 Å². The van der Waals surface area contributed by atoms with E-state index in [-0.39, 0.29) is 11.3 Å². The maximum absolute atomic E-state index is 13.6. The fourth-order valence-corrected chi connectivity index (χ4v) is 4.39. The van der Waals surface area contributed by atoms with Crippen molar-refractivity contribution in [1.82, 2.24) is 4.98 Å². The maximum Gasteiger partial charge on any atom is 0.301 e. The molecule has 4 rings (SSSR count). The molecule has 0 unspecified atom stereocenters. The highest BCUT2D eigenvalue weighted by Crippen LogP contribution is 2.43. The minimum Gasteiger partial charge on any atom is -0.507 e. The lowest BCUT2D eigenvalue weighted by Crippen LogP contribution is -2.29. The number of aromatic nitrogens is 1. The van der Waals surface area contributed by atoms with Gasteiger partial charge in [0.2, 0.25) is 0 Å². The Morgan fingerprint density at radius 1 is 1.10 bits per heavy atom. The van der Waals surface area contributed by atoms with Crippen molar-refractivity contribution in [3.8, 4) is 5.75 Å². The number of ketones is 1. The standard InChI is InChI=1S/C23H19FN2O4S/c1-12-13(2)31-23(25-12)26-19(14-4-8-16(24)9-5-14)18(21(28)22(26)29)20(27)15-6-10-17(30-3)11-7-15/h4-11,19,27H,1-3H3/t19-/m1/s1. The Bertz CT molecular complexity index is 1180. The number of aliphatic hydroxyl groups is 1. The number of Topliss-reactive ketones (excluding diaryl/α,β-unsaturated/α-hetero) is 1. The van der Waals surface area contributed by atoms with Crippen LogP contribution in [0.3, 0.4) is 0 Å². The number of thiazole rings is 1. The van der Waals surface area contributed by atoms with Crippen LogP contribution in [0.15, 0.2) is 54.1 Å². The van der Waals surface area contributed by atoms with Crippen molar-refractivity contribution >= 4 is 33.9 Å². The summed E-state index contributed by atoms with van der Waals surface area (Å²) in [6.07, 6.45) is 0. The summed E-state index contributed by atoms with van der Waals surface area (Å²) in [7, 11) is 1.52. The second kappa shape index (κ2) is 7.96. The number of ether oxygens (including phenoxy) is 1. The zero-order valence-corrected chi connectivity index (χ0v) is 17.9. The highest BCUT2D eigenvalue weighted by atomic mass is 32.1. The number of methoxy groups -OCH3 is 1. The van der Waals surface area contributed by atoms with Crippen LogP contribution in [0.5, 0.6) is 5.75 Å². The van der Waals surface area contributed by atoms with Crippen LogP contribution in [0.25, 0.3) is 5.76 Å². The average molecular weight is 438 g/mol. The molecule has 1 amide bonds. The summed E-state index contributed by atoms with van der Waals surface area (Å²) in [5.74, 6) is -1.80. The first kappa shape index (κ1) is 20.7. The SMILES string of the molecule is COc1ccc(C(O)=C2C(=O)C(=O)N(c3nc(C)c(C)s3)[C@@H]2c2ccc(F)cc2)cc1. The Morgan fingerprint density at radius 2 is 1.74 bits per heavy atom. The number of hydrogen-bond donors (Lipinski definition) is 1. The van der Waals surface area contributed by atoms with E-state index in [1.54, 1.807) is 24.3 Å². The Balaban J connectivity index is 1.92. The van der Waals surface area contributed by atoms with Gasteiger partial charge < -0.3 is 9.84 Å². The second-order valence-electron chi connectivity index (χ2n) is 7.09. The third kappa shape index (κ3) is 3.59. The Kier molecular flexibility index (Phi) is 5.32. The number of anilines is 1. The molecule has 2 heterocycles. The molecule has 1 saturated heterocycles. The maximum atomic E-state index is 13.6. The fourth-order valence-electron chi connectivity index (χ4n) is 3.45. The molecule has 3 aromatic rings. The summed E-state index contributed by atoms with van der Waals surface area (Å²) >= 11 is 1.28. The van der Waals surface area contributed by atoms with Crippen LogP contribution in [-0.2, 0) is 9.59 Å². The molecule has 1 N–H and O–H groups in total. The number of benzene rings is 2. The molecular weight excluding hydrogens is 419 g/mol. The van der Waals surface area contributed by atoms with Gasteiger partial charge in [0.25, 0.3) is 5.78 Å². The molecule has 0 aliphatic carbocycles. The van der Waals surface area contributed by atoms with Crippen molar-refractivity contribution in [2.45, 2.75) is 19.9 Å². The summed E-state index contributed by atoms with van der Waals surface area (Å²) in [6, 6.07) is 11.0. The second-order valence-corrected chi connectivity index (χ2v) is 8.27. The van der Waals surface area contributed by atoms with E-state index in [0.29, 0.717) is 22.0 Å². The molecule has 31 heavy (non-hydrogen) atoms. The molecular formula is C23H19FN2O4S. The van der Waals surface area contributed by atoms with E-state index in [0.717, 1.165) is 10.6 Å². The Hall–Kier alpha value is -3.52.